The van der Waals surface area contributed by atoms with Crippen LogP contribution in [-0.2, 0) is 19.5 Å². The lowest BCUT2D eigenvalue weighted by Gasteiger charge is -2.21. The van der Waals surface area contributed by atoms with Crippen LogP contribution in [0.4, 0.5) is 0 Å². The van der Waals surface area contributed by atoms with Crippen LogP contribution in [0.5, 0.6) is 11.5 Å². The van der Waals surface area contributed by atoms with Crippen LogP contribution in [-0.4, -0.2) is 40.2 Å². The molecule has 1 amide bonds. The van der Waals surface area contributed by atoms with E-state index < -0.39 is 0 Å². The summed E-state index contributed by atoms with van der Waals surface area (Å²) >= 11 is 0. The van der Waals surface area contributed by atoms with Crippen LogP contribution in [0.15, 0.2) is 59.3 Å². The molecule has 176 valence electrons. The molecule has 0 spiro atoms. The molecule has 4 aromatic rings. The number of carbonyl (C=O) groups is 1. The van der Waals surface area contributed by atoms with E-state index in [0.29, 0.717) is 24.7 Å². The van der Waals surface area contributed by atoms with Gasteiger partial charge >= 0.3 is 0 Å². The van der Waals surface area contributed by atoms with Crippen LogP contribution in [0.2, 0.25) is 0 Å². The average Bonchev–Trinajstić information content (AvgIpc) is 3.56. The molecule has 8 nitrogen and oxygen atoms in total. The minimum atomic E-state index is -0.230. The van der Waals surface area contributed by atoms with E-state index in [-0.39, 0.29) is 18.7 Å². The summed E-state index contributed by atoms with van der Waals surface area (Å²) in [6.07, 6.45) is 4.35. The van der Waals surface area contributed by atoms with Gasteiger partial charge in [0.15, 0.2) is 17.2 Å². The molecular weight excluding hydrogens is 432 g/mol. The molecule has 0 fully saturated rings. The van der Waals surface area contributed by atoms with Crippen molar-refractivity contribution in [3.63, 3.8) is 0 Å². The molecule has 0 saturated heterocycles. The molecule has 1 aliphatic heterocycles. The van der Waals surface area contributed by atoms with Gasteiger partial charge in [-0.25, -0.2) is 4.98 Å². The first-order chi connectivity index (χ1) is 16.5. The Morgan fingerprint density at radius 2 is 2.00 bits per heavy atom. The van der Waals surface area contributed by atoms with Crippen molar-refractivity contribution in [3.05, 3.63) is 77.6 Å². The van der Waals surface area contributed by atoms with Crippen molar-refractivity contribution in [2.75, 3.05) is 13.3 Å². The van der Waals surface area contributed by atoms with E-state index in [2.05, 4.69) is 44.6 Å². The fourth-order valence-corrected chi connectivity index (χ4v) is 4.14. The number of hydrogen-bond acceptors (Lipinski definition) is 6. The first kappa shape index (κ1) is 22.0. The maximum atomic E-state index is 12.3. The smallest absolute Gasteiger partial charge is 0.273 e. The van der Waals surface area contributed by atoms with Gasteiger partial charge in [-0.15, -0.1) is 0 Å². The van der Waals surface area contributed by atoms with Gasteiger partial charge in [0.05, 0.1) is 6.54 Å². The Hall–Kier alpha value is -3.78. The van der Waals surface area contributed by atoms with Crippen molar-refractivity contribution in [2.45, 2.75) is 39.4 Å². The van der Waals surface area contributed by atoms with Gasteiger partial charge in [-0.05, 0) is 49.6 Å². The maximum absolute atomic E-state index is 12.3. The molecule has 0 atom stereocenters. The van der Waals surface area contributed by atoms with E-state index in [1.54, 1.807) is 0 Å². The molecule has 0 aliphatic carbocycles. The van der Waals surface area contributed by atoms with Crippen molar-refractivity contribution < 1.29 is 18.7 Å². The van der Waals surface area contributed by atoms with Gasteiger partial charge in [0, 0.05) is 36.2 Å². The standard InChI is InChI=1S/C26H28N4O4/c1-17(2)28-26(31)22-15-32-25(29-22)14-30(13-18-7-8-23-24(11-18)34-16-33-23)10-9-19-12-27-21-6-4-3-5-20(19)21/h3-8,11-12,15,17,27H,9-10,13-14,16H2,1-2H3,(H,28,31). The van der Waals surface area contributed by atoms with Gasteiger partial charge in [-0.2, -0.15) is 0 Å². The predicted molar refractivity (Wildman–Crippen MR) is 128 cm³/mol. The minimum Gasteiger partial charge on any atom is -0.454 e. The molecule has 2 N–H and O–H groups in total. The number of rotatable bonds is 9. The Bertz CT molecular complexity index is 1290. The number of nitrogens with one attached hydrogen (secondary N) is 2. The van der Waals surface area contributed by atoms with Gasteiger partial charge in [0.2, 0.25) is 12.7 Å². The highest BCUT2D eigenvalue weighted by atomic mass is 16.7. The molecule has 34 heavy (non-hydrogen) atoms. The van der Waals surface area contributed by atoms with E-state index in [0.717, 1.165) is 35.5 Å². The van der Waals surface area contributed by atoms with Crippen molar-refractivity contribution in [1.82, 2.24) is 20.2 Å². The average molecular weight is 461 g/mol. The molecule has 0 radical (unpaired) electrons. The SMILES string of the molecule is CC(C)NC(=O)c1coc(CN(CCc2c[nH]c3ccccc23)Cc2ccc3c(c2)OCO3)n1. The van der Waals surface area contributed by atoms with Gasteiger partial charge in [-0.3, -0.25) is 9.69 Å². The van der Waals surface area contributed by atoms with Crippen LogP contribution < -0.4 is 14.8 Å². The summed E-state index contributed by atoms with van der Waals surface area (Å²) < 4.78 is 16.6. The molecule has 2 aromatic carbocycles. The molecule has 0 saturated carbocycles. The third kappa shape index (κ3) is 4.92. The summed E-state index contributed by atoms with van der Waals surface area (Å²) in [6, 6.07) is 14.3. The second kappa shape index (κ2) is 9.61. The van der Waals surface area contributed by atoms with Gasteiger partial charge in [0.1, 0.15) is 6.26 Å². The Morgan fingerprint density at radius 1 is 1.15 bits per heavy atom. The second-order valence-electron chi connectivity index (χ2n) is 8.76. The number of amides is 1. The van der Waals surface area contributed by atoms with Crippen LogP contribution in [0.1, 0.15) is 41.4 Å². The number of carbonyl (C=O) groups excluding carboxylic acids is 1. The first-order valence-corrected chi connectivity index (χ1v) is 11.5. The number of benzene rings is 2. The Morgan fingerprint density at radius 3 is 2.88 bits per heavy atom. The van der Waals surface area contributed by atoms with Crippen molar-refractivity contribution in [3.8, 4) is 11.5 Å². The summed E-state index contributed by atoms with van der Waals surface area (Å²) in [4.78, 5) is 22.3. The molecule has 8 heteroatoms. The van der Waals surface area contributed by atoms with E-state index in [4.69, 9.17) is 13.9 Å². The summed E-state index contributed by atoms with van der Waals surface area (Å²) in [5.41, 5.74) is 3.79. The molecular formula is C26H28N4O4. The topological polar surface area (TPSA) is 92.6 Å². The third-order valence-electron chi connectivity index (χ3n) is 5.78. The molecule has 3 heterocycles. The zero-order valence-corrected chi connectivity index (χ0v) is 19.3. The highest BCUT2D eigenvalue weighted by Crippen LogP contribution is 2.33. The van der Waals surface area contributed by atoms with Crippen LogP contribution in [0, 0.1) is 0 Å². The van der Waals surface area contributed by atoms with E-state index in [1.807, 2.05) is 38.1 Å². The van der Waals surface area contributed by atoms with Gasteiger partial charge in [0.25, 0.3) is 5.91 Å². The highest BCUT2D eigenvalue weighted by molar-refractivity contribution is 5.92. The molecule has 0 unspecified atom stereocenters. The molecule has 0 bridgehead atoms. The van der Waals surface area contributed by atoms with Gasteiger partial charge in [-0.1, -0.05) is 24.3 Å². The second-order valence-corrected chi connectivity index (χ2v) is 8.76. The summed E-state index contributed by atoms with van der Waals surface area (Å²) in [7, 11) is 0. The first-order valence-electron chi connectivity index (χ1n) is 11.5. The molecule has 5 rings (SSSR count). The fraction of sp³-hybridized carbons (Fsp3) is 0.308. The lowest BCUT2D eigenvalue weighted by Crippen LogP contribution is -2.30. The summed E-state index contributed by atoms with van der Waals surface area (Å²) in [5.74, 6) is 1.81. The number of para-hydroxylation sites is 1. The number of aromatic nitrogens is 2. The molecule has 1 aliphatic rings. The van der Waals surface area contributed by atoms with E-state index in [1.165, 1.54) is 17.2 Å². The maximum Gasteiger partial charge on any atom is 0.273 e. The lowest BCUT2D eigenvalue weighted by atomic mass is 10.1. The van der Waals surface area contributed by atoms with Crippen LogP contribution in [0.3, 0.4) is 0 Å². The number of H-pyrrole nitrogens is 1. The summed E-state index contributed by atoms with van der Waals surface area (Å²) in [6.45, 7) is 6.01. The van der Waals surface area contributed by atoms with Crippen molar-refractivity contribution >= 4 is 16.8 Å². The lowest BCUT2D eigenvalue weighted by molar-refractivity contribution is 0.0938. The van der Waals surface area contributed by atoms with Gasteiger partial charge < -0.3 is 24.2 Å². The largest absolute Gasteiger partial charge is 0.454 e. The summed E-state index contributed by atoms with van der Waals surface area (Å²) in [5, 5.41) is 4.08. The number of oxazole rings is 1. The quantitative estimate of drug-likeness (QED) is 0.388. The van der Waals surface area contributed by atoms with Crippen molar-refractivity contribution in [1.29, 1.82) is 0 Å². The number of aromatic amines is 1. The Balaban J connectivity index is 1.33. The van der Waals surface area contributed by atoms with Crippen molar-refractivity contribution in [2.24, 2.45) is 0 Å². The van der Waals surface area contributed by atoms with Crippen LogP contribution >= 0.6 is 0 Å². The fourth-order valence-electron chi connectivity index (χ4n) is 4.14. The number of nitrogens with zero attached hydrogens (tertiary/aromatic N) is 2. The number of hydrogen-bond donors (Lipinski definition) is 2. The Labute approximate surface area is 197 Å². The predicted octanol–water partition coefficient (Wildman–Crippen LogP) is 4.27. The highest BCUT2D eigenvalue weighted by Gasteiger charge is 2.18. The Kier molecular flexibility index (Phi) is 6.22. The zero-order valence-electron chi connectivity index (χ0n) is 19.3. The van der Waals surface area contributed by atoms with E-state index in [9.17, 15) is 4.79 Å². The van der Waals surface area contributed by atoms with E-state index >= 15 is 0 Å². The minimum absolute atomic E-state index is 0.0336. The normalized spacial score (nSPS) is 12.7. The van der Waals surface area contributed by atoms with Crippen LogP contribution in [0.25, 0.3) is 10.9 Å². The monoisotopic (exact) mass is 460 g/mol. The zero-order chi connectivity index (χ0) is 23.5. The third-order valence-corrected chi connectivity index (χ3v) is 5.78. The molecule has 2 aromatic heterocycles. The number of fused-ring (bicyclic) bond motifs is 2. The number of ether oxygens (including phenoxy) is 2.